The third-order valence-corrected chi connectivity index (χ3v) is 5.91. The number of aliphatic imine (C=N–C) groups is 1. The standard InChI is InChI=1S/C22H35N5O3/c1-26(2)20(28)15-24-22(23-12-10-19-9-6-14-30-19)25-18-11-13-27(16-18)21(29)17-7-4-3-5-8-17/h6,9,14,17-18H,3-5,7-8,10-13,15-16H2,1-2H3,(H2,23,24,25). The monoisotopic (exact) mass is 417 g/mol. The average molecular weight is 418 g/mol. The van der Waals surface area contributed by atoms with Gasteiger partial charge in [0.2, 0.25) is 11.8 Å². The minimum atomic E-state index is -0.0531. The van der Waals surface area contributed by atoms with Gasteiger partial charge in [-0.15, -0.1) is 0 Å². The molecule has 30 heavy (non-hydrogen) atoms. The zero-order valence-corrected chi connectivity index (χ0v) is 18.2. The molecular weight excluding hydrogens is 382 g/mol. The molecule has 0 spiro atoms. The average Bonchev–Trinajstić information content (AvgIpc) is 3.44. The van der Waals surface area contributed by atoms with Crippen molar-refractivity contribution < 1.29 is 14.0 Å². The van der Waals surface area contributed by atoms with E-state index in [4.69, 9.17) is 4.42 Å². The molecule has 166 valence electrons. The number of hydrogen-bond donors (Lipinski definition) is 2. The Morgan fingerprint density at radius 2 is 2.03 bits per heavy atom. The molecule has 2 aliphatic rings. The molecule has 0 aromatic carbocycles. The van der Waals surface area contributed by atoms with Crippen molar-refractivity contribution in [2.24, 2.45) is 10.9 Å². The van der Waals surface area contributed by atoms with Crippen molar-refractivity contribution in [3.8, 4) is 0 Å². The summed E-state index contributed by atoms with van der Waals surface area (Å²) in [7, 11) is 3.45. The smallest absolute Gasteiger partial charge is 0.243 e. The molecule has 1 aliphatic heterocycles. The first-order valence-electron chi connectivity index (χ1n) is 11.1. The first kappa shape index (κ1) is 22.2. The highest BCUT2D eigenvalue weighted by Crippen LogP contribution is 2.26. The van der Waals surface area contributed by atoms with Crippen LogP contribution < -0.4 is 10.6 Å². The first-order chi connectivity index (χ1) is 14.5. The number of furan rings is 1. The number of likely N-dealkylation sites (tertiary alicyclic amines) is 1. The minimum absolute atomic E-state index is 0.0531. The molecule has 8 heteroatoms. The summed E-state index contributed by atoms with van der Waals surface area (Å²) >= 11 is 0. The van der Waals surface area contributed by atoms with Crippen molar-refractivity contribution >= 4 is 17.8 Å². The van der Waals surface area contributed by atoms with Crippen molar-refractivity contribution in [3.63, 3.8) is 0 Å². The maximum atomic E-state index is 12.8. The highest BCUT2D eigenvalue weighted by atomic mass is 16.3. The summed E-state index contributed by atoms with van der Waals surface area (Å²) in [6, 6.07) is 3.95. The molecule has 1 unspecified atom stereocenters. The number of rotatable bonds is 7. The Hall–Kier alpha value is -2.51. The molecular formula is C22H35N5O3. The van der Waals surface area contributed by atoms with E-state index in [0.29, 0.717) is 25.0 Å². The van der Waals surface area contributed by atoms with Gasteiger partial charge in [0.05, 0.1) is 6.26 Å². The molecule has 0 bridgehead atoms. The number of nitrogens with zero attached hydrogens (tertiary/aromatic N) is 3. The lowest BCUT2D eigenvalue weighted by Crippen LogP contribution is -2.46. The predicted molar refractivity (Wildman–Crippen MR) is 116 cm³/mol. The van der Waals surface area contributed by atoms with Gasteiger partial charge in [-0.1, -0.05) is 19.3 Å². The number of guanidine groups is 1. The van der Waals surface area contributed by atoms with E-state index in [0.717, 1.165) is 38.0 Å². The largest absolute Gasteiger partial charge is 0.469 e. The van der Waals surface area contributed by atoms with Gasteiger partial charge < -0.3 is 24.9 Å². The minimum Gasteiger partial charge on any atom is -0.469 e. The molecule has 8 nitrogen and oxygen atoms in total. The molecule has 1 aromatic heterocycles. The van der Waals surface area contributed by atoms with Crippen molar-refractivity contribution in [1.82, 2.24) is 20.4 Å². The normalized spacial score (nSPS) is 20.3. The fourth-order valence-electron chi connectivity index (χ4n) is 4.08. The number of amides is 2. The van der Waals surface area contributed by atoms with Crippen LogP contribution in [0.5, 0.6) is 0 Å². The molecule has 1 atom stereocenters. The van der Waals surface area contributed by atoms with Crippen LogP contribution in [-0.2, 0) is 16.0 Å². The summed E-state index contributed by atoms with van der Waals surface area (Å²) in [6.07, 6.45) is 8.93. The molecule has 1 saturated carbocycles. The maximum absolute atomic E-state index is 12.8. The van der Waals surface area contributed by atoms with Crippen LogP contribution in [0.4, 0.5) is 0 Å². The van der Waals surface area contributed by atoms with Crippen LogP contribution in [0.25, 0.3) is 0 Å². The molecule has 1 saturated heterocycles. The highest BCUT2D eigenvalue weighted by Gasteiger charge is 2.31. The second-order valence-corrected chi connectivity index (χ2v) is 8.46. The van der Waals surface area contributed by atoms with Gasteiger partial charge in [0, 0.05) is 52.1 Å². The Morgan fingerprint density at radius 1 is 1.23 bits per heavy atom. The molecule has 3 rings (SSSR count). The SMILES string of the molecule is CN(C)C(=O)CN=C(NCCc1ccco1)NC1CCN(C(=O)C2CCCCC2)C1. The summed E-state index contributed by atoms with van der Waals surface area (Å²) in [6.45, 7) is 2.20. The van der Waals surface area contributed by atoms with Crippen LogP contribution in [0.1, 0.15) is 44.3 Å². The molecule has 2 fully saturated rings. The van der Waals surface area contributed by atoms with Gasteiger partial charge in [0.1, 0.15) is 12.3 Å². The van der Waals surface area contributed by atoms with Gasteiger partial charge in [-0.2, -0.15) is 0 Å². The fraction of sp³-hybridized carbons (Fsp3) is 0.682. The van der Waals surface area contributed by atoms with E-state index in [1.54, 1.807) is 20.4 Å². The zero-order chi connectivity index (χ0) is 21.3. The fourth-order valence-corrected chi connectivity index (χ4v) is 4.08. The van der Waals surface area contributed by atoms with E-state index in [1.165, 1.54) is 24.2 Å². The zero-order valence-electron chi connectivity index (χ0n) is 18.2. The third kappa shape index (κ3) is 6.50. The molecule has 1 aromatic rings. The van der Waals surface area contributed by atoms with E-state index in [9.17, 15) is 9.59 Å². The van der Waals surface area contributed by atoms with E-state index < -0.39 is 0 Å². The number of carbonyl (C=O) groups excluding carboxylic acids is 2. The third-order valence-electron chi connectivity index (χ3n) is 5.91. The van der Waals surface area contributed by atoms with Gasteiger partial charge in [0.25, 0.3) is 0 Å². The second-order valence-electron chi connectivity index (χ2n) is 8.46. The topological polar surface area (TPSA) is 90.2 Å². The van der Waals surface area contributed by atoms with Crippen LogP contribution in [-0.4, -0.2) is 73.9 Å². The van der Waals surface area contributed by atoms with Gasteiger partial charge in [0.15, 0.2) is 5.96 Å². The van der Waals surface area contributed by atoms with Crippen LogP contribution in [0, 0.1) is 5.92 Å². The lowest BCUT2D eigenvalue weighted by Gasteiger charge is -2.26. The molecule has 2 N–H and O–H groups in total. The lowest BCUT2D eigenvalue weighted by atomic mass is 9.88. The highest BCUT2D eigenvalue weighted by molar-refractivity contribution is 5.85. The Labute approximate surface area is 179 Å². The van der Waals surface area contributed by atoms with Crippen molar-refractivity contribution in [2.75, 3.05) is 40.3 Å². The summed E-state index contributed by atoms with van der Waals surface area (Å²) in [5.74, 6) is 1.97. The van der Waals surface area contributed by atoms with Crippen molar-refractivity contribution in [3.05, 3.63) is 24.2 Å². The van der Waals surface area contributed by atoms with E-state index in [1.807, 2.05) is 17.0 Å². The van der Waals surface area contributed by atoms with Gasteiger partial charge >= 0.3 is 0 Å². The summed E-state index contributed by atoms with van der Waals surface area (Å²) in [5, 5.41) is 6.71. The summed E-state index contributed by atoms with van der Waals surface area (Å²) < 4.78 is 5.37. The quantitative estimate of drug-likeness (QED) is 0.520. The number of carbonyl (C=O) groups is 2. The first-order valence-corrected chi connectivity index (χ1v) is 11.1. The molecule has 0 radical (unpaired) electrons. The van der Waals surface area contributed by atoms with Crippen LogP contribution in [0.3, 0.4) is 0 Å². The van der Waals surface area contributed by atoms with Crippen molar-refractivity contribution in [1.29, 1.82) is 0 Å². The Kier molecular flexibility index (Phi) is 8.16. The van der Waals surface area contributed by atoms with Crippen molar-refractivity contribution in [2.45, 2.75) is 51.0 Å². The molecule has 2 amide bonds. The van der Waals surface area contributed by atoms with E-state index in [2.05, 4.69) is 15.6 Å². The van der Waals surface area contributed by atoms with E-state index in [-0.39, 0.29) is 24.4 Å². The molecule has 2 heterocycles. The maximum Gasteiger partial charge on any atom is 0.243 e. The predicted octanol–water partition coefficient (Wildman–Crippen LogP) is 1.63. The Bertz CT molecular complexity index is 710. The van der Waals surface area contributed by atoms with Gasteiger partial charge in [-0.05, 0) is 31.4 Å². The number of nitrogens with one attached hydrogen (secondary N) is 2. The van der Waals surface area contributed by atoms with Gasteiger partial charge in [-0.3, -0.25) is 9.59 Å². The number of hydrogen-bond acceptors (Lipinski definition) is 4. The van der Waals surface area contributed by atoms with Gasteiger partial charge in [-0.25, -0.2) is 4.99 Å². The van der Waals surface area contributed by atoms with Crippen LogP contribution in [0.15, 0.2) is 27.8 Å². The summed E-state index contributed by atoms with van der Waals surface area (Å²) in [4.78, 5) is 32.8. The second kappa shape index (κ2) is 11.0. The van der Waals surface area contributed by atoms with E-state index >= 15 is 0 Å². The van der Waals surface area contributed by atoms with Crippen LogP contribution in [0.2, 0.25) is 0 Å². The summed E-state index contributed by atoms with van der Waals surface area (Å²) in [5.41, 5.74) is 0. The number of likely N-dealkylation sites (N-methyl/N-ethyl adjacent to an activating group) is 1. The molecule has 1 aliphatic carbocycles. The lowest BCUT2D eigenvalue weighted by molar-refractivity contribution is -0.135. The Morgan fingerprint density at radius 3 is 2.73 bits per heavy atom. The van der Waals surface area contributed by atoms with Crippen LogP contribution >= 0.6 is 0 Å². The Balaban J connectivity index is 1.52.